The number of aliphatic imine (C=N–C) groups is 1. The zero-order valence-corrected chi connectivity index (χ0v) is 18.0. The summed E-state index contributed by atoms with van der Waals surface area (Å²) in [6.07, 6.45) is 1.52. The monoisotopic (exact) mass is 481 g/mol. The zero-order chi connectivity index (χ0) is 18.6. The van der Waals surface area contributed by atoms with Gasteiger partial charge in [-0.15, -0.1) is 24.0 Å². The number of hydrogen-bond donors (Lipinski definition) is 3. The van der Waals surface area contributed by atoms with E-state index in [-0.39, 0.29) is 47.7 Å². The van der Waals surface area contributed by atoms with Gasteiger partial charge in [0.1, 0.15) is 5.54 Å². The number of guanidine groups is 1. The van der Waals surface area contributed by atoms with Crippen molar-refractivity contribution < 1.29 is 19.1 Å². The Morgan fingerprint density at radius 3 is 2.50 bits per heavy atom. The highest BCUT2D eigenvalue weighted by molar-refractivity contribution is 14.0. The van der Waals surface area contributed by atoms with Gasteiger partial charge in [-0.05, 0) is 25.7 Å². The first-order valence-electron chi connectivity index (χ1n) is 8.48. The molecule has 0 aromatic carbocycles. The summed E-state index contributed by atoms with van der Waals surface area (Å²) in [7, 11) is 3.07. The molecular weight excluding hydrogens is 453 g/mol. The molecule has 10 heteroatoms. The maximum absolute atomic E-state index is 12.1. The number of urea groups is 1. The second kappa shape index (κ2) is 9.38. The van der Waals surface area contributed by atoms with Crippen LogP contribution in [0.5, 0.6) is 0 Å². The number of carbonyl (C=O) groups excluding carboxylic acids is 3. The molecule has 2 aliphatic heterocycles. The van der Waals surface area contributed by atoms with Gasteiger partial charge in [-0.1, -0.05) is 6.92 Å². The van der Waals surface area contributed by atoms with Crippen LogP contribution in [0.25, 0.3) is 0 Å². The van der Waals surface area contributed by atoms with Crippen LogP contribution in [0.3, 0.4) is 0 Å². The van der Waals surface area contributed by atoms with E-state index in [2.05, 4.69) is 25.8 Å². The van der Waals surface area contributed by atoms with Gasteiger partial charge in [-0.3, -0.25) is 19.9 Å². The molecule has 0 spiro atoms. The summed E-state index contributed by atoms with van der Waals surface area (Å²) in [4.78, 5) is 41.3. The number of nitrogens with one attached hydrogen (secondary N) is 3. The Labute approximate surface area is 170 Å². The maximum Gasteiger partial charge on any atom is 0.322 e. The van der Waals surface area contributed by atoms with E-state index in [9.17, 15) is 14.4 Å². The van der Waals surface area contributed by atoms with Crippen molar-refractivity contribution in [3.63, 3.8) is 0 Å². The molecular formula is C16H28IN5O4. The van der Waals surface area contributed by atoms with Crippen LogP contribution < -0.4 is 16.0 Å². The number of halogens is 1. The van der Waals surface area contributed by atoms with Crippen LogP contribution in [0.2, 0.25) is 0 Å². The third kappa shape index (κ3) is 4.77. The number of ether oxygens (including phenoxy) is 1. The van der Waals surface area contributed by atoms with Gasteiger partial charge >= 0.3 is 12.0 Å². The van der Waals surface area contributed by atoms with Gasteiger partial charge in [-0.2, -0.15) is 0 Å². The summed E-state index contributed by atoms with van der Waals surface area (Å²) in [5, 5.41) is 8.26. The molecule has 9 nitrogen and oxygen atoms in total. The van der Waals surface area contributed by atoms with Crippen molar-refractivity contribution in [2.45, 2.75) is 32.2 Å². The number of likely N-dealkylation sites (tertiary alicyclic amines) is 1. The fourth-order valence-corrected chi connectivity index (χ4v) is 3.37. The molecule has 0 bridgehead atoms. The van der Waals surface area contributed by atoms with Crippen LogP contribution >= 0.6 is 24.0 Å². The summed E-state index contributed by atoms with van der Waals surface area (Å²) >= 11 is 0. The molecule has 2 fully saturated rings. The fourth-order valence-electron chi connectivity index (χ4n) is 3.37. The van der Waals surface area contributed by atoms with Gasteiger partial charge in [0.05, 0.1) is 13.0 Å². The number of rotatable bonds is 4. The highest BCUT2D eigenvalue weighted by atomic mass is 127. The minimum atomic E-state index is -0.848. The lowest BCUT2D eigenvalue weighted by Gasteiger charge is -2.39. The lowest BCUT2D eigenvalue weighted by atomic mass is 9.79. The summed E-state index contributed by atoms with van der Waals surface area (Å²) < 4.78 is 4.72. The van der Waals surface area contributed by atoms with Crippen molar-refractivity contribution in [1.29, 1.82) is 0 Å². The van der Waals surface area contributed by atoms with Gasteiger partial charge in [0.15, 0.2) is 5.96 Å². The lowest BCUT2D eigenvalue weighted by molar-refractivity contribution is -0.144. The zero-order valence-electron chi connectivity index (χ0n) is 15.6. The van der Waals surface area contributed by atoms with Crippen molar-refractivity contribution in [3.8, 4) is 0 Å². The molecule has 0 aromatic rings. The van der Waals surface area contributed by atoms with E-state index >= 15 is 0 Å². The molecule has 2 rings (SSSR count). The number of carbonyl (C=O) groups is 3. The van der Waals surface area contributed by atoms with Gasteiger partial charge in [0.25, 0.3) is 5.91 Å². The third-order valence-corrected chi connectivity index (χ3v) is 5.06. The van der Waals surface area contributed by atoms with Crippen LogP contribution in [0, 0.1) is 11.8 Å². The highest BCUT2D eigenvalue weighted by Gasteiger charge is 2.48. The summed E-state index contributed by atoms with van der Waals surface area (Å²) in [5.41, 5.74) is -0.848. The van der Waals surface area contributed by atoms with E-state index < -0.39 is 11.6 Å². The van der Waals surface area contributed by atoms with E-state index in [0.717, 1.165) is 31.9 Å². The van der Waals surface area contributed by atoms with Crippen molar-refractivity contribution in [2.75, 3.05) is 33.8 Å². The molecule has 2 saturated heterocycles. The second-order valence-electron chi connectivity index (χ2n) is 6.72. The average molecular weight is 481 g/mol. The first-order chi connectivity index (χ1) is 11.8. The van der Waals surface area contributed by atoms with E-state index in [1.54, 1.807) is 20.9 Å². The molecule has 2 aliphatic rings. The minimum Gasteiger partial charge on any atom is -0.469 e. The second-order valence-corrected chi connectivity index (χ2v) is 6.72. The van der Waals surface area contributed by atoms with Gasteiger partial charge in [0, 0.05) is 26.7 Å². The third-order valence-electron chi connectivity index (χ3n) is 5.06. The predicted octanol–water partition coefficient (Wildman–Crippen LogP) is 0.299. The normalized spacial score (nSPS) is 25.1. The Morgan fingerprint density at radius 1 is 1.42 bits per heavy atom. The number of imide groups is 1. The number of methoxy groups -OCH3 is 1. The van der Waals surface area contributed by atoms with Crippen LogP contribution in [-0.4, -0.2) is 68.1 Å². The Bertz CT molecular complexity index is 577. The first kappa shape index (κ1) is 22.5. The molecule has 2 atom stereocenters. The molecule has 2 heterocycles. The SMILES string of the molecule is CN=C(NCC(C)C(=O)OC)N1CCC(C2(C)NC(=O)NC2=O)CC1.I. The van der Waals surface area contributed by atoms with Crippen LogP contribution in [0.1, 0.15) is 26.7 Å². The topological polar surface area (TPSA) is 112 Å². The van der Waals surface area contributed by atoms with Crippen molar-refractivity contribution >= 4 is 47.8 Å². The van der Waals surface area contributed by atoms with Crippen LogP contribution in [0.15, 0.2) is 4.99 Å². The Balaban J connectivity index is 0.00000338. The van der Waals surface area contributed by atoms with Crippen molar-refractivity contribution in [2.24, 2.45) is 16.8 Å². The lowest BCUT2D eigenvalue weighted by Crippen LogP contribution is -2.55. The van der Waals surface area contributed by atoms with Gasteiger partial charge < -0.3 is 20.3 Å². The van der Waals surface area contributed by atoms with Crippen LogP contribution in [0.4, 0.5) is 4.79 Å². The standard InChI is InChI=1S/C16H27N5O4.HI/c1-10(12(22)25-4)9-18-14(17-3)21-7-5-11(6-8-21)16(2)13(23)19-15(24)20-16;/h10-11H,5-9H2,1-4H3,(H,17,18)(H2,19,20,23,24);1H. The molecule has 0 radical (unpaired) electrons. The summed E-state index contributed by atoms with van der Waals surface area (Å²) in [5.74, 6) is 0.0000876. The number of esters is 1. The molecule has 0 saturated carbocycles. The van der Waals surface area contributed by atoms with Crippen molar-refractivity contribution in [3.05, 3.63) is 0 Å². The van der Waals surface area contributed by atoms with E-state index in [1.807, 2.05) is 0 Å². The van der Waals surface area contributed by atoms with Crippen molar-refractivity contribution in [1.82, 2.24) is 20.9 Å². The largest absolute Gasteiger partial charge is 0.469 e. The highest BCUT2D eigenvalue weighted by Crippen LogP contribution is 2.30. The number of amides is 3. The Kier molecular flexibility index (Phi) is 8.10. The minimum absolute atomic E-state index is 0. The fraction of sp³-hybridized carbons (Fsp3) is 0.750. The smallest absolute Gasteiger partial charge is 0.322 e. The maximum atomic E-state index is 12.1. The molecule has 0 aliphatic carbocycles. The quantitative estimate of drug-likeness (QED) is 0.175. The van der Waals surface area contributed by atoms with E-state index in [0.29, 0.717) is 6.54 Å². The molecule has 3 N–H and O–H groups in total. The average Bonchev–Trinajstić information content (AvgIpc) is 2.87. The summed E-state index contributed by atoms with van der Waals surface area (Å²) in [6, 6.07) is -0.427. The number of nitrogens with zero attached hydrogens (tertiary/aromatic N) is 2. The molecule has 3 amide bonds. The molecule has 0 aromatic heterocycles. The van der Waals surface area contributed by atoms with Gasteiger partial charge in [-0.25, -0.2) is 4.79 Å². The van der Waals surface area contributed by atoms with Gasteiger partial charge in [0.2, 0.25) is 0 Å². The van der Waals surface area contributed by atoms with E-state index in [4.69, 9.17) is 4.74 Å². The molecule has 2 unspecified atom stereocenters. The predicted molar refractivity (Wildman–Crippen MR) is 107 cm³/mol. The molecule has 148 valence electrons. The summed E-state index contributed by atoms with van der Waals surface area (Å²) in [6.45, 7) is 5.44. The number of hydrogen-bond acceptors (Lipinski definition) is 5. The number of piperidine rings is 1. The first-order valence-corrected chi connectivity index (χ1v) is 8.48. The van der Waals surface area contributed by atoms with Crippen LogP contribution in [-0.2, 0) is 14.3 Å². The molecule has 26 heavy (non-hydrogen) atoms. The Morgan fingerprint density at radius 2 is 2.04 bits per heavy atom. The van der Waals surface area contributed by atoms with E-state index in [1.165, 1.54) is 7.11 Å². The Hall–Kier alpha value is -1.59.